The van der Waals surface area contributed by atoms with Gasteiger partial charge in [0.1, 0.15) is 12.6 Å². The molecule has 10 heteroatoms. The van der Waals surface area contributed by atoms with Crippen LogP contribution in [0.25, 0.3) is 22.4 Å². The first-order valence-electron chi connectivity index (χ1n) is 8.63. The van der Waals surface area contributed by atoms with Crippen molar-refractivity contribution in [2.45, 2.75) is 26.1 Å². The lowest BCUT2D eigenvalue weighted by Gasteiger charge is -2.15. The van der Waals surface area contributed by atoms with Crippen LogP contribution in [0.2, 0.25) is 0 Å². The van der Waals surface area contributed by atoms with Crippen molar-refractivity contribution in [2.24, 2.45) is 0 Å². The maximum absolute atomic E-state index is 12.8. The largest absolute Gasteiger partial charge is 0.405 e. The van der Waals surface area contributed by atoms with Crippen LogP contribution in [-0.2, 0) is 4.79 Å². The second-order valence-corrected chi connectivity index (χ2v) is 6.40. The molecule has 3 aromatic rings. The van der Waals surface area contributed by atoms with Crippen LogP contribution in [0.15, 0.2) is 40.9 Å². The van der Waals surface area contributed by atoms with E-state index in [1.165, 1.54) is 13.0 Å². The fraction of sp³-hybridized carbons (Fsp3) is 0.263. The molecular weight excluding hydrogens is 389 g/mol. The molecule has 1 aromatic carbocycles. The number of hydrogen-bond acceptors (Lipinski definition) is 5. The van der Waals surface area contributed by atoms with Crippen LogP contribution in [0.1, 0.15) is 23.0 Å². The number of benzene rings is 1. The van der Waals surface area contributed by atoms with Gasteiger partial charge in [-0.2, -0.15) is 13.2 Å². The van der Waals surface area contributed by atoms with Crippen molar-refractivity contribution < 1.29 is 27.3 Å². The molecule has 7 nitrogen and oxygen atoms in total. The van der Waals surface area contributed by atoms with Gasteiger partial charge in [0.05, 0.1) is 22.3 Å². The molecule has 0 radical (unpaired) electrons. The Labute approximate surface area is 163 Å². The second-order valence-electron chi connectivity index (χ2n) is 6.40. The first kappa shape index (κ1) is 20.3. The normalized spacial score (nSPS) is 12.6. The van der Waals surface area contributed by atoms with Gasteiger partial charge in [0.15, 0.2) is 0 Å². The van der Waals surface area contributed by atoms with E-state index in [0.717, 1.165) is 5.56 Å². The van der Waals surface area contributed by atoms with Crippen molar-refractivity contribution in [3.05, 3.63) is 47.7 Å². The topological polar surface area (TPSA) is 97.1 Å². The summed E-state index contributed by atoms with van der Waals surface area (Å²) < 4.78 is 42.0. The lowest BCUT2D eigenvalue weighted by atomic mass is 10.0. The van der Waals surface area contributed by atoms with Gasteiger partial charge in [0, 0.05) is 5.56 Å². The molecule has 3 rings (SSSR count). The van der Waals surface area contributed by atoms with Crippen LogP contribution in [0.4, 0.5) is 13.2 Å². The van der Waals surface area contributed by atoms with E-state index in [9.17, 15) is 22.8 Å². The number of alkyl halides is 3. The van der Waals surface area contributed by atoms with Crippen LogP contribution in [-0.4, -0.2) is 40.7 Å². The van der Waals surface area contributed by atoms with E-state index in [-0.39, 0.29) is 11.3 Å². The van der Waals surface area contributed by atoms with E-state index in [4.69, 9.17) is 4.52 Å². The molecule has 2 amide bonds. The fourth-order valence-electron chi connectivity index (χ4n) is 2.71. The third kappa shape index (κ3) is 4.71. The van der Waals surface area contributed by atoms with Gasteiger partial charge in [-0.15, -0.1) is 0 Å². The summed E-state index contributed by atoms with van der Waals surface area (Å²) in [5.41, 5.74) is 1.90. The lowest BCUT2D eigenvalue weighted by Crippen LogP contribution is -2.47. The third-order valence-electron chi connectivity index (χ3n) is 4.14. The molecule has 0 bridgehead atoms. The van der Waals surface area contributed by atoms with Crippen LogP contribution in [0, 0.1) is 6.92 Å². The van der Waals surface area contributed by atoms with Gasteiger partial charge >= 0.3 is 6.18 Å². The highest BCUT2D eigenvalue weighted by Gasteiger charge is 2.29. The van der Waals surface area contributed by atoms with E-state index in [2.05, 4.69) is 15.5 Å². The van der Waals surface area contributed by atoms with Crippen LogP contribution >= 0.6 is 0 Å². The van der Waals surface area contributed by atoms with E-state index in [0.29, 0.717) is 16.8 Å². The molecule has 0 saturated heterocycles. The highest BCUT2D eigenvalue weighted by atomic mass is 19.4. The first-order chi connectivity index (χ1) is 13.7. The third-order valence-corrected chi connectivity index (χ3v) is 4.14. The smallest absolute Gasteiger partial charge is 0.345 e. The molecule has 0 unspecified atom stereocenters. The van der Waals surface area contributed by atoms with Crippen LogP contribution < -0.4 is 10.6 Å². The van der Waals surface area contributed by atoms with E-state index >= 15 is 0 Å². The molecule has 152 valence electrons. The zero-order valence-corrected chi connectivity index (χ0v) is 15.5. The second kappa shape index (κ2) is 7.90. The Hall–Kier alpha value is -3.43. The van der Waals surface area contributed by atoms with Gasteiger partial charge in [-0.05, 0) is 19.9 Å². The summed E-state index contributed by atoms with van der Waals surface area (Å²) in [4.78, 5) is 29.0. The number of hydrogen-bond donors (Lipinski definition) is 2. The number of nitrogens with zero attached hydrogens (tertiary/aromatic N) is 2. The highest BCUT2D eigenvalue weighted by Crippen LogP contribution is 2.27. The van der Waals surface area contributed by atoms with Gasteiger partial charge in [-0.25, -0.2) is 4.98 Å². The number of amides is 2. The van der Waals surface area contributed by atoms with Gasteiger partial charge < -0.3 is 15.2 Å². The Balaban J connectivity index is 1.89. The Morgan fingerprint density at radius 1 is 1.21 bits per heavy atom. The summed E-state index contributed by atoms with van der Waals surface area (Å²) in [6.07, 6.45) is -4.54. The van der Waals surface area contributed by atoms with Crippen molar-refractivity contribution in [3.63, 3.8) is 0 Å². The monoisotopic (exact) mass is 406 g/mol. The molecule has 1 atom stereocenters. The van der Waals surface area contributed by atoms with Crippen molar-refractivity contribution in [1.82, 2.24) is 20.8 Å². The van der Waals surface area contributed by atoms with Crippen LogP contribution in [0.5, 0.6) is 0 Å². The number of aryl methyl sites for hydroxylation is 1. The predicted octanol–water partition coefficient (Wildman–Crippen LogP) is 3.00. The predicted molar refractivity (Wildman–Crippen MR) is 98.0 cm³/mol. The maximum Gasteiger partial charge on any atom is 0.405 e. The number of nitrogens with one attached hydrogen (secondary N) is 2. The summed E-state index contributed by atoms with van der Waals surface area (Å²) in [6, 6.07) is 9.37. The summed E-state index contributed by atoms with van der Waals surface area (Å²) >= 11 is 0. The first-order valence-corrected chi connectivity index (χ1v) is 8.63. The molecule has 0 aliphatic carbocycles. The zero-order valence-electron chi connectivity index (χ0n) is 15.5. The zero-order chi connectivity index (χ0) is 21.2. The van der Waals surface area contributed by atoms with E-state index < -0.39 is 30.6 Å². The maximum atomic E-state index is 12.8. The molecule has 2 heterocycles. The molecular formula is C19H17F3N4O3. The minimum Gasteiger partial charge on any atom is -0.345 e. The number of fused-ring (bicyclic) bond motifs is 1. The average molecular weight is 406 g/mol. The van der Waals surface area contributed by atoms with E-state index in [1.54, 1.807) is 36.5 Å². The van der Waals surface area contributed by atoms with E-state index in [1.807, 2.05) is 6.07 Å². The van der Waals surface area contributed by atoms with Gasteiger partial charge in [0.25, 0.3) is 11.6 Å². The molecule has 29 heavy (non-hydrogen) atoms. The number of carbonyl (C=O) groups is 2. The number of halogens is 3. The van der Waals surface area contributed by atoms with Crippen molar-refractivity contribution in [3.8, 4) is 11.3 Å². The van der Waals surface area contributed by atoms with Gasteiger partial charge in [0.2, 0.25) is 5.91 Å². The number of carbonyl (C=O) groups excluding carboxylic acids is 2. The van der Waals surface area contributed by atoms with Crippen molar-refractivity contribution in [2.75, 3.05) is 6.54 Å². The lowest BCUT2D eigenvalue weighted by molar-refractivity contribution is -0.139. The Morgan fingerprint density at radius 2 is 1.90 bits per heavy atom. The SMILES string of the molecule is Cc1noc2nc(-c3ccccc3)cc(C(=O)N[C@@H](C)C(=O)NCC(F)(F)F)c12. The summed E-state index contributed by atoms with van der Waals surface area (Å²) in [7, 11) is 0. The minimum atomic E-state index is -4.54. The summed E-state index contributed by atoms with van der Waals surface area (Å²) in [5, 5.41) is 8.33. The summed E-state index contributed by atoms with van der Waals surface area (Å²) in [5.74, 6) is -1.61. The number of pyridine rings is 1. The molecule has 0 aliphatic heterocycles. The highest BCUT2D eigenvalue weighted by molar-refractivity contribution is 6.08. The van der Waals surface area contributed by atoms with Gasteiger partial charge in [-0.1, -0.05) is 35.5 Å². The molecule has 0 aliphatic rings. The summed E-state index contributed by atoms with van der Waals surface area (Å²) in [6.45, 7) is 1.45. The number of aromatic nitrogens is 2. The molecule has 0 saturated carbocycles. The fourth-order valence-corrected chi connectivity index (χ4v) is 2.71. The van der Waals surface area contributed by atoms with Crippen LogP contribution in [0.3, 0.4) is 0 Å². The molecule has 2 aromatic heterocycles. The minimum absolute atomic E-state index is 0.142. The quantitative estimate of drug-likeness (QED) is 0.679. The van der Waals surface area contributed by atoms with Crippen molar-refractivity contribution >= 4 is 22.9 Å². The van der Waals surface area contributed by atoms with Crippen molar-refractivity contribution in [1.29, 1.82) is 0 Å². The molecule has 0 spiro atoms. The average Bonchev–Trinajstić information content (AvgIpc) is 3.06. The number of rotatable bonds is 5. The standard InChI is InChI=1S/C19H17F3N4O3/c1-10-15-13(17(28)24-11(2)16(27)23-9-19(20,21)22)8-14(25-18(15)29-26-10)12-6-4-3-5-7-12/h3-8,11H,9H2,1-2H3,(H,23,27)(H,24,28)/t11-/m0/s1. The Bertz CT molecular complexity index is 1050. The Morgan fingerprint density at radius 3 is 2.55 bits per heavy atom. The molecule has 0 fully saturated rings. The van der Waals surface area contributed by atoms with Gasteiger partial charge in [-0.3, -0.25) is 9.59 Å². The Kier molecular flexibility index (Phi) is 5.53. The molecule has 2 N–H and O–H groups in total.